The largest absolute Gasteiger partial charge is 0.387 e. The molecule has 15 heavy (non-hydrogen) atoms. The number of rotatable bonds is 2. The van der Waals surface area contributed by atoms with Crippen molar-refractivity contribution in [1.29, 1.82) is 0 Å². The minimum absolute atomic E-state index is 0.515. The van der Waals surface area contributed by atoms with E-state index < -0.39 is 6.10 Å². The van der Waals surface area contributed by atoms with Crippen LogP contribution < -0.4 is 0 Å². The molecule has 4 heteroatoms. The van der Waals surface area contributed by atoms with Crippen LogP contribution in [0.1, 0.15) is 24.3 Å². The fourth-order valence-corrected chi connectivity index (χ4v) is 2.26. The van der Waals surface area contributed by atoms with Crippen LogP contribution in [0.2, 0.25) is 0 Å². The van der Waals surface area contributed by atoms with Crippen LogP contribution in [0.15, 0.2) is 23.7 Å². The molecule has 2 heterocycles. The molecule has 0 aliphatic heterocycles. The van der Waals surface area contributed by atoms with Crippen LogP contribution >= 0.6 is 11.3 Å². The highest BCUT2D eigenvalue weighted by Gasteiger charge is 2.10. The molecule has 2 aromatic heterocycles. The number of pyridine rings is 1. The predicted molar refractivity (Wildman–Crippen MR) is 60.7 cm³/mol. The smallest absolute Gasteiger partial charge is 0.142 e. The minimum atomic E-state index is -0.515. The van der Waals surface area contributed by atoms with E-state index >= 15 is 0 Å². The van der Waals surface area contributed by atoms with Crippen molar-refractivity contribution >= 4 is 11.3 Å². The molecular weight excluding hydrogens is 208 g/mol. The Morgan fingerprint density at radius 3 is 2.87 bits per heavy atom. The Hall–Kier alpha value is -1.26. The molecule has 0 spiro atoms. The molecule has 1 N–H and O–H groups in total. The van der Waals surface area contributed by atoms with Crippen molar-refractivity contribution in [2.24, 2.45) is 0 Å². The summed E-state index contributed by atoms with van der Waals surface area (Å²) in [5.41, 5.74) is 2.71. The maximum atomic E-state index is 9.38. The van der Waals surface area contributed by atoms with E-state index in [9.17, 15) is 5.11 Å². The van der Waals surface area contributed by atoms with Gasteiger partial charge in [0, 0.05) is 11.6 Å². The van der Waals surface area contributed by atoms with Gasteiger partial charge in [0.05, 0.1) is 11.8 Å². The Balaban J connectivity index is 2.42. The third-order valence-electron chi connectivity index (χ3n) is 2.16. The van der Waals surface area contributed by atoms with Gasteiger partial charge in [0.2, 0.25) is 0 Å². The number of aryl methyl sites for hydroxylation is 1. The summed E-state index contributed by atoms with van der Waals surface area (Å²) in [6.45, 7) is 3.72. The summed E-state index contributed by atoms with van der Waals surface area (Å²) in [6.07, 6.45) is 1.24. The number of aliphatic hydroxyl groups excluding tert-OH is 1. The van der Waals surface area contributed by atoms with Crippen molar-refractivity contribution in [3.8, 4) is 10.7 Å². The second-order valence-corrected chi connectivity index (χ2v) is 4.28. The molecule has 2 rings (SSSR count). The summed E-state index contributed by atoms with van der Waals surface area (Å²) in [5, 5.41) is 12.1. The quantitative estimate of drug-likeness (QED) is 0.846. The van der Waals surface area contributed by atoms with Gasteiger partial charge in [-0.3, -0.25) is 4.98 Å². The second-order valence-electron chi connectivity index (χ2n) is 3.42. The zero-order valence-corrected chi connectivity index (χ0v) is 9.45. The Morgan fingerprint density at radius 2 is 2.27 bits per heavy atom. The molecule has 1 atom stereocenters. The molecule has 1 unspecified atom stereocenters. The first-order valence-electron chi connectivity index (χ1n) is 4.74. The van der Waals surface area contributed by atoms with E-state index in [1.54, 1.807) is 13.1 Å². The van der Waals surface area contributed by atoms with Gasteiger partial charge in [-0.15, -0.1) is 11.3 Å². The fraction of sp³-hybridized carbons (Fsp3) is 0.273. The lowest BCUT2D eigenvalue weighted by atomic mass is 10.2. The first kappa shape index (κ1) is 10.3. The van der Waals surface area contributed by atoms with Gasteiger partial charge in [-0.05, 0) is 25.5 Å². The molecule has 0 saturated carbocycles. The Labute approximate surface area is 92.5 Å². The van der Waals surface area contributed by atoms with E-state index in [1.165, 1.54) is 11.3 Å². The van der Waals surface area contributed by atoms with Crippen LogP contribution in [0, 0.1) is 6.92 Å². The van der Waals surface area contributed by atoms with E-state index in [0.717, 1.165) is 16.3 Å². The molecule has 3 nitrogen and oxygen atoms in total. The molecule has 0 aliphatic carbocycles. The summed E-state index contributed by atoms with van der Waals surface area (Å²) >= 11 is 1.51. The van der Waals surface area contributed by atoms with Gasteiger partial charge >= 0.3 is 0 Å². The molecule has 78 valence electrons. The zero-order chi connectivity index (χ0) is 10.8. The number of aromatic nitrogens is 2. The highest BCUT2D eigenvalue weighted by molar-refractivity contribution is 7.13. The van der Waals surface area contributed by atoms with E-state index in [1.807, 2.05) is 24.4 Å². The van der Waals surface area contributed by atoms with Gasteiger partial charge in [0.1, 0.15) is 10.7 Å². The summed E-state index contributed by atoms with van der Waals surface area (Å²) < 4.78 is 0. The summed E-state index contributed by atoms with van der Waals surface area (Å²) in [6, 6.07) is 3.91. The lowest BCUT2D eigenvalue weighted by molar-refractivity contribution is 0.195. The molecular formula is C11H12N2OS. The van der Waals surface area contributed by atoms with Crippen LogP contribution in [-0.4, -0.2) is 15.1 Å². The van der Waals surface area contributed by atoms with Crippen LogP contribution in [0.3, 0.4) is 0 Å². The fourth-order valence-electron chi connectivity index (χ4n) is 1.30. The van der Waals surface area contributed by atoms with Gasteiger partial charge in [0.15, 0.2) is 0 Å². The topological polar surface area (TPSA) is 46.0 Å². The van der Waals surface area contributed by atoms with Gasteiger partial charge < -0.3 is 5.11 Å². The number of aliphatic hydroxyl groups is 1. The highest BCUT2D eigenvalue weighted by Crippen LogP contribution is 2.26. The van der Waals surface area contributed by atoms with Gasteiger partial charge in [-0.25, -0.2) is 4.98 Å². The van der Waals surface area contributed by atoms with E-state index in [4.69, 9.17) is 0 Å². The van der Waals surface area contributed by atoms with Crippen molar-refractivity contribution < 1.29 is 5.11 Å². The van der Waals surface area contributed by atoms with Crippen LogP contribution in [0.25, 0.3) is 10.7 Å². The Morgan fingerprint density at radius 1 is 1.47 bits per heavy atom. The van der Waals surface area contributed by atoms with E-state index in [2.05, 4.69) is 9.97 Å². The van der Waals surface area contributed by atoms with Crippen LogP contribution in [0.4, 0.5) is 0 Å². The number of nitrogens with zero attached hydrogens (tertiary/aromatic N) is 2. The average molecular weight is 220 g/mol. The normalized spacial score (nSPS) is 12.7. The summed E-state index contributed by atoms with van der Waals surface area (Å²) in [4.78, 5) is 8.63. The maximum absolute atomic E-state index is 9.38. The molecule has 0 aliphatic rings. The van der Waals surface area contributed by atoms with Gasteiger partial charge in [-0.1, -0.05) is 6.07 Å². The van der Waals surface area contributed by atoms with Gasteiger partial charge in [0.25, 0.3) is 0 Å². The minimum Gasteiger partial charge on any atom is -0.387 e. The number of thiazole rings is 1. The lowest BCUT2D eigenvalue weighted by Gasteiger charge is -2.00. The number of hydrogen-bond acceptors (Lipinski definition) is 4. The van der Waals surface area contributed by atoms with Gasteiger partial charge in [-0.2, -0.15) is 0 Å². The third kappa shape index (κ3) is 2.06. The highest BCUT2D eigenvalue weighted by atomic mass is 32.1. The SMILES string of the molecule is Cc1cccnc1-c1nc(C(C)O)cs1. The van der Waals surface area contributed by atoms with E-state index in [-0.39, 0.29) is 0 Å². The average Bonchev–Trinajstić information content (AvgIpc) is 2.67. The van der Waals surface area contributed by atoms with Crippen molar-refractivity contribution in [2.45, 2.75) is 20.0 Å². The maximum Gasteiger partial charge on any atom is 0.142 e. The summed E-state index contributed by atoms with van der Waals surface area (Å²) in [7, 11) is 0. The monoisotopic (exact) mass is 220 g/mol. The van der Waals surface area contributed by atoms with Crippen molar-refractivity contribution in [1.82, 2.24) is 9.97 Å². The molecule has 2 aromatic rings. The van der Waals surface area contributed by atoms with Crippen LogP contribution in [-0.2, 0) is 0 Å². The third-order valence-corrected chi connectivity index (χ3v) is 3.03. The van der Waals surface area contributed by atoms with Crippen molar-refractivity contribution in [3.63, 3.8) is 0 Å². The van der Waals surface area contributed by atoms with E-state index in [0.29, 0.717) is 5.69 Å². The summed E-state index contributed by atoms with van der Waals surface area (Å²) in [5.74, 6) is 0. The molecule has 0 saturated heterocycles. The zero-order valence-electron chi connectivity index (χ0n) is 8.64. The Bertz CT molecular complexity index is 465. The van der Waals surface area contributed by atoms with Crippen molar-refractivity contribution in [2.75, 3.05) is 0 Å². The van der Waals surface area contributed by atoms with Crippen molar-refractivity contribution in [3.05, 3.63) is 35.0 Å². The molecule has 0 aromatic carbocycles. The molecule has 0 fully saturated rings. The first-order valence-corrected chi connectivity index (χ1v) is 5.62. The predicted octanol–water partition coefficient (Wildman–Crippen LogP) is 2.57. The first-order chi connectivity index (χ1) is 7.18. The molecule has 0 radical (unpaired) electrons. The standard InChI is InChI=1S/C11H12N2OS/c1-7-4-3-5-12-10(7)11-13-9(6-15-11)8(2)14/h3-6,8,14H,1-2H3. The second kappa shape index (κ2) is 4.08. The Kier molecular flexibility index (Phi) is 2.79. The number of hydrogen-bond donors (Lipinski definition) is 1. The lowest BCUT2D eigenvalue weighted by Crippen LogP contribution is -1.92. The van der Waals surface area contributed by atoms with Crippen LogP contribution in [0.5, 0.6) is 0 Å². The molecule has 0 amide bonds. The molecule has 0 bridgehead atoms.